The molecule has 0 spiro atoms. The molecular weight excluding hydrogens is 398 g/mol. The van der Waals surface area contributed by atoms with Crippen LogP contribution in [0.3, 0.4) is 0 Å². The number of nitrogens with one attached hydrogen (secondary N) is 1. The van der Waals surface area contributed by atoms with Gasteiger partial charge in [0.1, 0.15) is 0 Å². The molecular formula is C16H16BrNO5S. The van der Waals surface area contributed by atoms with E-state index >= 15 is 0 Å². The fraction of sp³-hybridized carbons (Fsp3) is 0.188. The number of carbonyl (C=O) groups excluding carboxylic acids is 1. The van der Waals surface area contributed by atoms with Gasteiger partial charge in [-0.1, -0.05) is 15.9 Å². The van der Waals surface area contributed by atoms with Crippen LogP contribution in [0.4, 0.5) is 5.69 Å². The zero-order chi connectivity index (χ0) is 17.9. The summed E-state index contributed by atoms with van der Waals surface area (Å²) in [6.45, 7) is 1.35. The number of Topliss-reactive ketones (excluding diaryl/α,β-unsaturated/α-hetero) is 1. The highest BCUT2D eigenvalue weighted by molar-refractivity contribution is 9.10. The Morgan fingerprint density at radius 2 is 1.58 bits per heavy atom. The first-order chi connectivity index (χ1) is 11.3. The molecule has 2 rings (SSSR count). The van der Waals surface area contributed by atoms with Crippen LogP contribution in [-0.2, 0) is 10.0 Å². The first-order valence-electron chi connectivity index (χ1n) is 6.84. The Hall–Kier alpha value is -2.06. The summed E-state index contributed by atoms with van der Waals surface area (Å²) < 4.78 is 38.6. The maximum absolute atomic E-state index is 12.5. The van der Waals surface area contributed by atoms with E-state index in [0.717, 1.165) is 4.47 Å². The number of benzene rings is 2. The average Bonchev–Trinajstić information content (AvgIpc) is 2.54. The summed E-state index contributed by atoms with van der Waals surface area (Å²) in [7, 11) is -0.983. The van der Waals surface area contributed by atoms with Crippen LogP contribution in [0.15, 0.2) is 45.8 Å². The highest BCUT2D eigenvalue weighted by atomic mass is 79.9. The smallest absolute Gasteiger partial charge is 0.261 e. The third-order valence-corrected chi connectivity index (χ3v) is 5.18. The molecule has 0 saturated heterocycles. The van der Waals surface area contributed by atoms with Gasteiger partial charge in [-0.15, -0.1) is 0 Å². The molecule has 8 heteroatoms. The Labute approximate surface area is 149 Å². The quantitative estimate of drug-likeness (QED) is 0.733. The van der Waals surface area contributed by atoms with Crippen molar-refractivity contribution in [2.45, 2.75) is 11.8 Å². The van der Waals surface area contributed by atoms with Crippen molar-refractivity contribution in [1.82, 2.24) is 0 Å². The topological polar surface area (TPSA) is 81.7 Å². The fourth-order valence-electron chi connectivity index (χ4n) is 2.07. The number of methoxy groups -OCH3 is 2. The van der Waals surface area contributed by atoms with E-state index in [1.807, 2.05) is 0 Å². The van der Waals surface area contributed by atoms with Gasteiger partial charge < -0.3 is 9.47 Å². The van der Waals surface area contributed by atoms with E-state index in [9.17, 15) is 13.2 Å². The van der Waals surface area contributed by atoms with E-state index in [1.165, 1.54) is 45.4 Å². The molecule has 0 unspecified atom stereocenters. The van der Waals surface area contributed by atoms with Gasteiger partial charge in [0.25, 0.3) is 10.0 Å². The normalized spacial score (nSPS) is 11.0. The molecule has 0 aliphatic heterocycles. The molecule has 0 atom stereocenters. The van der Waals surface area contributed by atoms with E-state index < -0.39 is 10.0 Å². The summed E-state index contributed by atoms with van der Waals surface area (Å²) in [6.07, 6.45) is 0. The first kappa shape index (κ1) is 18.3. The highest BCUT2D eigenvalue weighted by Gasteiger charge is 2.20. The van der Waals surface area contributed by atoms with Crippen molar-refractivity contribution in [2.24, 2.45) is 0 Å². The van der Waals surface area contributed by atoms with Gasteiger partial charge in [-0.2, -0.15) is 0 Å². The largest absolute Gasteiger partial charge is 0.493 e. The number of hydrogen-bond donors (Lipinski definition) is 1. The molecule has 0 heterocycles. The van der Waals surface area contributed by atoms with Crippen molar-refractivity contribution in [3.05, 3.63) is 46.4 Å². The number of sulfonamides is 1. The van der Waals surface area contributed by atoms with Gasteiger partial charge in [0.2, 0.25) is 0 Å². The summed E-state index contributed by atoms with van der Waals surface area (Å²) in [6, 6.07) is 9.03. The molecule has 1 N–H and O–H groups in total. The van der Waals surface area contributed by atoms with Gasteiger partial charge in [-0.05, 0) is 37.3 Å². The Balaban J connectivity index is 2.51. The number of hydrogen-bond acceptors (Lipinski definition) is 5. The summed E-state index contributed by atoms with van der Waals surface area (Å²) in [4.78, 5) is 11.9. The van der Waals surface area contributed by atoms with Gasteiger partial charge in [-0.3, -0.25) is 9.52 Å². The van der Waals surface area contributed by atoms with Crippen LogP contribution in [0, 0.1) is 0 Å². The van der Waals surface area contributed by atoms with Gasteiger partial charge in [0.15, 0.2) is 17.3 Å². The maximum atomic E-state index is 12.5. The predicted octanol–water partition coefficient (Wildman–Crippen LogP) is 3.47. The summed E-state index contributed by atoms with van der Waals surface area (Å²) in [5.74, 6) is 0.356. The summed E-state index contributed by atoms with van der Waals surface area (Å²) in [5.41, 5.74) is 0.316. The van der Waals surface area contributed by atoms with E-state index in [4.69, 9.17) is 9.47 Å². The van der Waals surface area contributed by atoms with Crippen molar-refractivity contribution >= 4 is 37.4 Å². The fourth-order valence-corrected chi connectivity index (χ4v) is 3.41. The second kappa shape index (κ2) is 7.23. The van der Waals surface area contributed by atoms with Crippen LogP contribution in [0.2, 0.25) is 0 Å². The summed E-state index contributed by atoms with van der Waals surface area (Å²) in [5, 5.41) is 0. The lowest BCUT2D eigenvalue weighted by Gasteiger charge is -2.15. The zero-order valence-corrected chi connectivity index (χ0v) is 15.7. The number of ketones is 1. The van der Waals surface area contributed by atoms with Gasteiger partial charge in [0, 0.05) is 16.1 Å². The lowest BCUT2D eigenvalue weighted by atomic mass is 10.1. The third kappa shape index (κ3) is 3.88. The lowest BCUT2D eigenvalue weighted by Crippen LogP contribution is -2.15. The first-order valence-corrected chi connectivity index (χ1v) is 9.11. The van der Waals surface area contributed by atoms with Crippen molar-refractivity contribution in [2.75, 3.05) is 18.9 Å². The molecule has 24 heavy (non-hydrogen) atoms. The Morgan fingerprint density at radius 3 is 2.08 bits per heavy atom. The van der Waals surface area contributed by atoms with Gasteiger partial charge >= 0.3 is 0 Å². The van der Waals surface area contributed by atoms with Gasteiger partial charge in [-0.25, -0.2) is 8.42 Å². The SMILES string of the molecule is COc1cc(NS(=O)(=O)c2ccc(Br)cc2)c(C(C)=O)cc1OC. The van der Waals surface area contributed by atoms with E-state index in [-0.39, 0.29) is 21.9 Å². The molecule has 0 saturated carbocycles. The molecule has 0 radical (unpaired) electrons. The minimum Gasteiger partial charge on any atom is -0.493 e. The number of carbonyl (C=O) groups is 1. The van der Waals surface area contributed by atoms with E-state index in [0.29, 0.717) is 11.5 Å². The number of halogens is 1. The third-order valence-electron chi connectivity index (χ3n) is 3.27. The molecule has 6 nitrogen and oxygen atoms in total. The molecule has 2 aromatic rings. The molecule has 128 valence electrons. The van der Waals surface area contributed by atoms with Crippen LogP contribution >= 0.6 is 15.9 Å². The number of anilines is 1. The second-order valence-corrected chi connectivity index (χ2v) is 7.47. The van der Waals surface area contributed by atoms with Gasteiger partial charge in [0.05, 0.1) is 24.8 Å². The van der Waals surface area contributed by atoms with E-state index in [1.54, 1.807) is 12.1 Å². The average molecular weight is 414 g/mol. The molecule has 0 aliphatic carbocycles. The number of ether oxygens (including phenoxy) is 2. The van der Waals surface area contributed by atoms with Crippen LogP contribution in [0.25, 0.3) is 0 Å². The second-order valence-electron chi connectivity index (χ2n) is 4.87. The molecule has 0 bridgehead atoms. The Bertz CT molecular complexity index is 863. The molecule has 0 aromatic heterocycles. The maximum Gasteiger partial charge on any atom is 0.261 e. The molecule has 2 aromatic carbocycles. The standard InChI is InChI=1S/C16H16BrNO5S/c1-10(19)13-8-15(22-2)16(23-3)9-14(13)18-24(20,21)12-6-4-11(17)5-7-12/h4-9,18H,1-3H3. The number of rotatable bonds is 6. The van der Waals surface area contributed by atoms with Crippen molar-refractivity contribution in [3.63, 3.8) is 0 Å². The highest BCUT2D eigenvalue weighted by Crippen LogP contribution is 2.34. The monoisotopic (exact) mass is 413 g/mol. The zero-order valence-electron chi connectivity index (χ0n) is 13.3. The van der Waals surface area contributed by atoms with Crippen LogP contribution < -0.4 is 14.2 Å². The van der Waals surface area contributed by atoms with Crippen LogP contribution in [-0.4, -0.2) is 28.4 Å². The lowest BCUT2D eigenvalue weighted by molar-refractivity contribution is 0.101. The van der Waals surface area contributed by atoms with Crippen LogP contribution in [0.5, 0.6) is 11.5 Å². The minimum atomic E-state index is -3.85. The Kier molecular flexibility index (Phi) is 5.51. The van der Waals surface area contributed by atoms with Crippen molar-refractivity contribution in [3.8, 4) is 11.5 Å². The van der Waals surface area contributed by atoms with E-state index in [2.05, 4.69) is 20.7 Å². The Morgan fingerprint density at radius 1 is 1.04 bits per heavy atom. The summed E-state index contributed by atoms with van der Waals surface area (Å²) >= 11 is 3.25. The molecule has 0 fully saturated rings. The van der Waals surface area contributed by atoms with Crippen molar-refractivity contribution < 1.29 is 22.7 Å². The van der Waals surface area contributed by atoms with Crippen molar-refractivity contribution in [1.29, 1.82) is 0 Å². The molecule has 0 amide bonds. The van der Waals surface area contributed by atoms with Crippen LogP contribution in [0.1, 0.15) is 17.3 Å². The molecule has 0 aliphatic rings. The predicted molar refractivity (Wildman–Crippen MR) is 94.5 cm³/mol. The minimum absolute atomic E-state index is 0.0787.